The molecule has 0 unspecified atom stereocenters. The van der Waals surface area contributed by atoms with Crippen LogP contribution in [0.4, 0.5) is 0 Å². The Bertz CT molecular complexity index is 610. The molecule has 1 aliphatic heterocycles. The van der Waals surface area contributed by atoms with E-state index in [2.05, 4.69) is 21.2 Å². The first-order valence-corrected chi connectivity index (χ1v) is 9.28. The number of rotatable bonds is 6. The van der Waals surface area contributed by atoms with E-state index in [9.17, 15) is 14.4 Å². The minimum absolute atomic E-state index is 0.0294. The standard InChI is InChI=1S/C18H23BrN2O4/c1-2-9-20-16(22)12-25-18(24)14-7-10-21(11-8-14)17(23)13-3-5-15(19)6-4-13/h3-6,14H,2,7-12H2,1H3,(H,20,22). The Kier molecular flexibility index (Phi) is 7.43. The van der Waals surface area contributed by atoms with Crippen LogP contribution >= 0.6 is 15.9 Å². The van der Waals surface area contributed by atoms with Gasteiger partial charge >= 0.3 is 5.97 Å². The van der Waals surface area contributed by atoms with E-state index >= 15 is 0 Å². The molecular formula is C18H23BrN2O4. The first-order valence-electron chi connectivity index (χ1n) is 8.49. The molecule has 1 fully saturated rings. The fourth-order valence-corrected chi connectivity index (χ4v) is 2.93. The van der Waals surface area contributed by atoms with Gasteiger partial charge in [-0.25, -0.2) is 0 Å². The summed E-state index contributed by atoms with van der Waals surface area (Å²) in [6, 6.07) is 7.23. The highest BCUT2D eigenvalue weighted by Gasteiger charge is 2.29. The van der Waals surface area contributed by atoms with Crippen molar-refractivity contribution >= 4 is 33.7 Å². The summed E-state index contributed by atoms with van der Waals surface area (Å²) in [5.74, 6) is -0.924. The third-order valence-corrected chi connectivity index (χ3v) is 4.65. The molecule has 7 heteroatoms. The fraction of sp³-hybridized carbons (Fsp3) is 0.500. The van der Waals surface area contributed by atoms with Gasteiger partial charge in [0, 0.05) is 29.7 Å². The summed E-state index contributed by atoms with van der Waals surface area (Å²) in [7, 11) is 0. The summed E-state index contributed by atoms with van der Waals surface area (Å²) in [6.45, 7) is 3.31. The highest BCUT2D eigenvalue weighted by atomic mass is 79.9. The third-order valence-electron chi connectivity index (χ3n) is 4.12. The summed E-state index contributed by atoms with van der Waals surface area (Å²) in [5, 5.41) is 2.66. The highest BCUT2D eigenvalue weighted by molar-refractivity contribution is 9.10. The maximum Gasteiger partial charge on any atom is 0.309 e. The SMILES string of the molecule is CCCNC(=O)COC(=O)C1CCN(C(=O)c2ccc(Br)cc2)CC1. The molecule has 1 saturated heterocycles. The number of benzene rings is 1. The van der Waals surface area contributed by atoms with Crippen molar-refractivity contribution < 1.29 is 19.1 Å². The van der Waals surface area contributed by atoms with Gasteiger partial charge in [0.05, 0.1) is 5.92 Å². The highest BCUT2D eigenvalue weighted by Crippen LogP contribution is 2.21. The molecule has 0 spiro atoms. The predicted octanol–water partition coefficient (Wildman–Crippen LogP) is 2.37. The van der Waals surface area contributed by atoms with Crippen LogP contribution in [0, 0.1) is 5.92 Å². The van der Waals surface area contributed by atoms with Crippen molar-refractivity contribution in [2.75, 3.05) is 26.2 Å². The fourth-order valence-electron chi connectivity index (χ4n) is 2.66. The van der Waals surface area contributed by atoms with Crippen LogP contribution in [0.3, 0.4) is 0 Å². The molecular weight excluding hydrogens is 388 g/mol. The van der Waals surface area contributed by atoms with Gasteiger partial charge in [0.2, 0.25) is 0 Å². The van der Waals surface area contributed by atoms with E-state index in [1.165, 1.54) is 0 Å². The number of amides is 2. The van der Waals surface area contributed by atoms with Crippen LogP contribution in [0.15, 0.2) is 28.7 Å². The maximum atomic E-state index is 12.4. The van der Waals surface area contributed by atoms with Gasteiger partial charge in [-0.2, -0.15) is 0 Å². The van der Waals surface area contributed by atoms with Crippen molar-refractivity contribution in [3.63, 3.8) is 0 Å². The smallest absolute Gasteiger partial charge is 0.309 e. The van der Waals surface area contributed by atoms with Gasteiger partial charge < -0.3 is 15.0 Å². The summed E-state index contributed by atoms with van der Waals surface area (Å²) >= 11 is 3.35. The lowest BCUT2D eigenvalue weighted by Crippen LogP contribution is -2.41. The molecule has 1 aromatic rings. The average Bonchev–Trinajstić information content (AvgIpc) is 2.64. The lowest BCUT2D eigenvalue weighted by Gasteiger charge is -2.31. The van der Waals surface area contributed by atoms with E-state index in [4.69, 9.17) is 4.74 Å². The van der Waals surface area contributed by atoms with E-state index in [1.807, 2.05) is 19.1 Å². The Morgan fingerprint density at radius 1 is 1.20 bits per heavy atom. The number of halogens is 1. The van der Waals surface area contributed by atoms with E-state index < -0.39 is 0 Å². The Balaban J connectivity index is 1.77. The number of esters is 1. The number of piperidine rings is 1. The molecule has 1 aromatic carbocycles. The molecule has 6 nitrogen and oxygen atoms in total. The normalized spacial score (nSPS) is 14.9. The van der Waals surface area contributed by atoms with E-state index in [0.29, 0.717) is 38.0 Å². The van der Waals surface area contributed by atoms with Crippen LogP contribution in [-0.4, -0.2) is 48.9 Å². The van der Waals surface area contributed by atoms with Gasteiger partial charge in [-0.3, -0.25) is 14.4 Å². The topological polar surface area (TPSA) is 75.7 Å². The van der Waals surface area contributed by atoms with E-state index in [0.717, 1.165) is 10.9 Å². The number of nitrogens with zero attached hydrogens (tertiary/aromatic N) is 1. The molecule has 1 heterocycles. The number of carbonyl (C=O) groups excluding carboxylic acids is 3. The monoisotopic (exact) mass is 410 g/mol. The zero-order chi connectivity index (χ0) is 18.2. The summed E-state index contributed by atoms with van der Waals surface area (Å²) in [6.07, 6.45) is 1.94. The van der Waals surface area contributed by atoms with Gasteiger partial charge in [-0.05, 0) is 43.5 Å². The number of nitrogens with one attached hydrogen (secondary N) is 1. The second kappa shape index (κ2) is 9.56. The molecule has 0 atom stereocenters. The van der Waals surface area contributed by atoms with Crippen LogP contribution in [-0.2, 0) is 14.3 Å². The number of ether oxygens (including phenoxy) is 1. The van der Waals surface area contributed by atoms with Crippen LogP contribution in [0.2, 0.25) is 0 Å². The number of hydrogen-bond acceptors (Lipinski definition) is 4. The zero-order valence-corrected chi connectivity index (χ0v) is 15.9. The Labute approximate surface area is 156 Å². The summed E-state index contributed by atoms with van der Waals surface area (Å²) < 4.78 is 6.00. The van der Waals surface area contributed by atoms with Crippen molar-refractivity contribution in [2.45, 2.75) is 26.2 Å². The van der Waals surface area contributed by atoms with Crippen molar-refractivity contribution in [3.05, 3.63) is 34.3 Å². The lowest BCUT2D eigenvalue weighted by molar-refractivity contribution is -0.153. The first kappa shape index (κ1) is 19.4. The van der Waals surface area contributed by atoms with Gasteiger partial charge in [0.25, 0.3) is 11.8 Å². The molecule has 0 aliphatic carbocycles. The van der Waals surface area contributed by atoms with Crippen LogP contribution in [0.25, 0.3) is 0 Å². The molecule has 0 radical (unpaired) electrons. The minimum Gasteiger partial charge on any atom is -0.455 e. The molecule has 0 aromatic heterocycles. The quantitative estimate of drug-likeness (QED) is 0.730. The molecule has 136 valence electrons. The second-order valence-corrected chi connectivity index (χ2v) is 6.95. The number of likely N-dealkylation sites (tertiary alicyclic amines) is 1. The molecule has 2 rings (SSSR count). The van der Waals surface area contributed by atoms with Crippen LogP contribution < -0.4 is 5.32 Å². The van der Waals surface area contributed by atoms with Gasteiger partial charge in [0.15, 0.2) is 6.61 Å². The third kappa shape index (κ3) is 5.85. The zero-order valence-electron chi connectivity index (χ0n) is 14.3. The maximum absolute atomic E-state index is 12.4. The van der Waals surface area contributed by atoms with E-state index in [-0.39, 0.29) is 30.3 Å². The molecule has 0 bridgehead atoms. The van der Waals surface area contributed by atoms with Crippen molar-refractivity contribution in [2.24, 2.45) is 5.92 Å². The largest absolute Gasteiger partial charge is 0.455 e. The van der Waals surface area contributed by atoms with E-state index in [1.54, 1.807) is 17.0 Å². The Morgan fingerprint density at radius 2 is 1.84 bits per heavy atom. The van der Waals surface area contributed by atoms with Crippen molar-refractivity contribution in [1.82, 2.24) is 10.2 Å². The van der Waals surface area contributed by atoms with Crippen molar-refractivity contribution in [1.29, 1.82) is 0 Å². The molecule has 0 saturated carbocycles. The molecule has 2 amide bonds. The van der Waals surface area contributed by atoms with Crippen LogP contribution in [0.1, 0.15) is 36.5 Å². The Morgan fingerprint density at radius 3 is 2.44 bits per heavy atom. The van der Waals surface area contributed by atoms with Crippen molar-refractivity contribution in [3.8, 4) is 0 Å². The molecule has 1 aliphatic rings. The predicted molar refractivity (Wildman–Crippen MR) is 97.0 cm³/mol. The number of hydrogen-bond donors (Lipinski definition) is 1. The Hall–Kier alpha value is -1.89. The van der Waals surface area contributed by atoms with Gasteiger partial charge in [-0.15, -0.1) is 0 Å². The van der Waals surface area contributed by atoms with Gasteiger partial charge in [-0.1, -0.05) is 22.9 Å². The summed E-state index contributed by atoms with van der Waals surface area (Å²) in [4.78, 5) is 37.7. The first-order chi connectivity index (χ1) is 12.0. The average molecular weight is 411 g/mol. The minimum atomic E-state index is -0.359. The summed E-state index contributed by atoms with van der Waals surface area (Å²) in [5.41, 5.74) is 0.636. The van der Waals surface area contributed by atoms with Crippen LogP contribution in [0.5, 0.6) is 0 Å². The van der Waals surface area contributed by atoms with Gasteiger partial charge in [0.1, 0.15) is 0 Å². The molecule has 1 N–H and O–H groups in total. The number of carbonyl (C=O) groups is 3. The lowest BCUT2D eigenvalue weighted by atomic mass is 9.96. The second-order valence-electron chi connectivity index (χ2n) is 6.03. The molecule has 25 heavy (non-hydrogen) atoms.